The Bertz CT molecular complexity index is 451. The highest BCUT2D eigenvalue weighted by molar-refractivity contribution is 5.36. The number of aromatic nitrogens is 3. The summed E-state index contributed by atoms with van der Waals surface area (Å²) in [5.41, 5.74) is 0. The van der Waals surface area contributed by atoms with Gasteiger partial charge in [-0.25, -0.2) is 0 Å². The molecule has 0 bridgehead atoms. The first-order valence-electron chi connectivity index (χ1n) is 7.80. The average Bonchev–Trinajstić information content (AvgIpc) is 2.23. The second kappa shape index (κ2) is 5.54. The number of hydrogen-bond donors (Lipinski definition) is 1. The monoisotopic (exact) mass is 275 g/mol. The molecular formula is C15H25N5. The van der Waals surface area contributed by atoms with Crippen molar-refractivity contribution in [2.24, 2.45) is 11.8 Å². The van der Waals surface area contributed by atoms with E-state index >= 15 is 0 Å². The third-order valence-corrected chi connectivity index (χ3v) is 4.75. The van der Waals surface area contributed by atoms with E-state index in [0.29, 0.717) is 6.04 Å². The minimum Gasteiger partial charge on any atom is -0.351 e. The number of rotatable bonds is 5. The van der Waals surface area contributed by atoms with Crippen molar-refractivity contribution in [3.05, 3.63) is 5.82 Å². The summed E-state index contributed by atoms with van der Waals surface area (Å²) in [6.07, 6.45) is 8.21. The van der Waals surface area contributed by atoms with Gasteiger partial charge in [-0.05, 0) is 44.4 Å². The number of anilines is 2. The molecule has 110 valence electrons. The Kier molecular flexibility index (Phi) is 3.76. The van der Waals surface area contributed by atoms with E-state index in [1.54, 1.807) is 0 Å². The lowest BCUT2D eigenvalue weighted by Gasteiger charge is -2.42. The molecule has 5 nitrogen and oxygen atoms in total. The highest BCUT2D eigenvalue weighted by Crippen LogP contribution is 2.41. The molecule has 0 atom stereocenters. The van der Waals surface area contributed by atoms with E-state index in [2.05, 4.69) is 20.3 Å². The standard InChI is InChI=1S/C15H25N5/c1-10-16-14(19-15(17-10)20(2)3)18-13(11-6-4-7-11)12-8-5-9-12/h11-13H,4-9H2,1-3H3,(H,16,17,18,19). The van der Waals surface area contributed by atoms with E-state index in [1.165, 1.54) is 38.5 Å². The van der Waals surface area contributed by atoms with E-state index < -0.39 is 0 Å². The van der Waals surface area contributed by atoms with Crippen LogP contribution in [0.25, 0.3) is 0 Å². The van der Waals surface area contributed by atoms with Gasteiger partial charge in [-0.3, -0.25) is 0 Å². The fourth-order valence-electron chi connectivity index (χ4n) is 3.10. The molecule has 1 heterocycles. The van der Waals surface area contributed by atoms with Gasteiger partial charge in [-0.2, -0.15) is 15.0 Å². The van der Waals surface area contributed by atoms with E-state index in [1.807, 2.05) is 25.9 Å². The molecule has 0 amide bonds. The first-order valence-corrected chi connectivity index (χ1v) is 7.80. The Balaban J connectivity index is 1.76. The molecule has 1 aromatic heterocycles. The fraction of sp³-hybridized carbons (Fsp3) is 0.800. The molecule has 5 heteroatoms. The Morgan fingerprint density at radius 2 is 1.60 bits per heavy atom. The molecular weight excluding hydrogens is 250 g/mol. The maximum absolute atomic E-state index is 4.55. The molecule has 2 fully saturated rings. The third kappa shape index (κ3) is 2.72. The number of aryl methyl sites for hydroxylation is 1. The van der Waals surface area contributed by atoms with Gasteiger partial charge in [0.1, 0.15) is 5.82 Å². The highest BCUT2D eigenvalue weighted by atomic mass is 15.3. The molecule has 0 radical (unpaired) electrons. The van der Waals surface area contributed by atoms with Gasteiger partial charge in [-0.1, -0.05) is 12.8 Å². The van der Waals surface area contributed by atoms with Gasteiger partial charge in [-0.15, -0.1) is 0 Å². The Labute approximate surface area is 121 Å². The average molecular weight is 275 g/mol. The molecule has 20 heavy (non-hydrogen) atoms. The zero-order valence-electron chi connectivity index (χ0n) is 12.8. The quantitative estimate of drug-likeness (QED) is 0.895. The Morgan fingerprint density at radius 3 is 2.05 bits per heavy atom. The zero-order chi connectivity index (χ0) is 14.1. The van der Waals surface area contributed by atoms with Gasteiger partial charge in [0, 0.05) is 20.1 Å². The lowest BCUT2D eigenvalue weighted by atomic mass is 9.68. The lowest BCUT2D eigenvalue weighted by Crippen LogP contribution is -2.43. The molecule has 0 unspecified atom stereocenters. The minimum atomic E-state index is 0.564. The summed E-state index contributed by atoms with van der Waals surface area (Å²) < 4.78 is 0. The van der Waals surface area contributed by atoms with Crippen LogP contribution in [-0.2, 0) is 0 Å². The molecule has 0 aliphatic heterocycles. The second-order valence-electron chi connectivity index (χ2n) is 6.45. The molecule has 2 aliphatic rings. The topological polar surface area (TPSA) is 53.9 Å². The van der Waals surface area contributed by atoms with Crippen LogP contribution in [0.15, 0.2) is 0 Å². The van der Waals surface area contributed by atoms with Crippen molar-refractivity contribution < 1.29 is 0 Å². The van der Waals surface area contributed by atoms with Crippen molar-refractivity contribution in [3.63, 3.8) is 0 Å². The van der Waals surface area contributed by atoms with Crippen molar-refractivity contribution in [2.45, 2.75) is 51.5 Å². The summed E-state index contributed by atoms with van der Waals surface area (Å²) in [6, 6.07) is 0.564. The predicted molar refractivity (Wildman–Crippen MR) is 81.0 cm³/mol. The Morgan fingerprint density at radius 1 is 1.00 bits per heavy atom. The van der Waals surface area contributed by atoms with Crippen molar-refractivity contribution >= 4 is 11.9 Å². The molecule has 0 saturated heterocycles. The van der Waals surface area contributed by atoms with Gasteiger partial charge in [0.2, 0.25) is 11.9 Å². The third-order valence-electron chi connectivity index (χ3n) is 4.75. The zero-order valence-corrected chi connectivity index (χ0v) is 12.8. The van der Waals surface area contributed by atoms with E-state index in [4.69, 9.17) is 0 Å². The van der Waals surface area contributed by atoms with Crippen molar-refractivity contribution in [1.29, 1.82) is 0 Å². The molecule has 2 aliphatic carbocycles. The first kappa shape index (κ1) is 13.6. The molecule has 0 aromatic carbocycles. The van der Waals surface area contributed by atoms with Crippen molar-refractivity contribution in [1.82, 2.24) is 15.0 Å². The molecule has 0 spiro atoms. The smallest absolute Gasteiger partial charge is 0.229 e. The second-order valence-corrected chi connectivity index (χ2v) is 6.45. The van der Waals surface area contributed by atoms with Crippen molar-refractivity contribution in [2.75, 3.05) is 24.3 Å². The van der Waals surface area contributed by atoms with Crippen LogP contribution in [0.2, 0.25) is 0 Å². The maximum Gasteiger partial charge on any atom is 0.229 e. The summed E-state index contributed by atoms with van der Waals surface area (Å²) in [7, 11) is 3.93. The van der Waals surface area contributed by atoms with Crippen LogP contribution in [0.1, 0.15) is 44.3 Å². The van der Waals surface area contributed by atoms with Crippen LogP contribution in [-0.4, -0.2) is 35.1 Å². The van der Waals surface area contributed by atoms with Crippen molar-refractivity contribution in [3.8, 4) is 0 Å². The summed E-state index contributed by atoms with van der Waals surface area (Å²) in [6.45, 7) is 1.93. The van der Waals surface area contributed by atoms with E-state index in [9.17, 15) is 0 Å². The van der Waals surface area contributed by atoms with Crippen LogP contribution < -0.4 is 10.2 Å². The van der Waals surface area contributed by atoms with Gasteiger partial charge in [0.15, 0.2) is 0 Å². The van der Waals surface area contributed by atoms with Gasteiger partial charge in [0.05, 0.1) is 0 Å². The van der Waals surface area contributed by atoms with Gasteiger partial charge >= 0.3 is 0 Å². The minimum absolute atomic E-state index is 0.564. The largest absolute Gasteiger partial charge is 0.351 e. The summed E-state index contributed by atoms with van der Waals surface area (Å²) >= 11 is 0. The number of hydrogen-bond acceptors (Lipinski definition) is 5. The summed E-state index contributed by atoms with van der Waals surface area (Å²) in [5, 5.41) is 3.63. The maximum atomic E-state index is 4.55. The van der Waals surface area contributed by atoms with Gasteiger partial charge in [0.25, 0.3) is 0 Å². The molecule has 1 aromatic rings. The highest BCUT2D eigenvalue weighted by Gasteiger charge is 2.36. The van der Waals surface area contributed by atoms with E-state index in [-0.39, 0.29) is 0 Å². The molecule has 3 rings (SSSR count). The number of nitrogens with one attached hydrogen (secondary N) is 1. The lowest BCUT2D eigenvalue weighted by molar-refractivity contribution is 0.165. The van der Waals surface area contributed by atoms with Crippen LogP contribution in [0, 0.1) is 18.8 Å². The molecule has 2 saturated carbocycles. The normalized spacial score (nSPS) is 19.6. The summed E-state index contributed by atoms with van der Waals surface area (Å²) in [4.78, 5) is 15.3. The Hall–Kier alpha value is -1.39. The van der Waals surface area contributed by atoms with Crippen LogP contribution in [0.3, 0.4) is 0 Å². The van der Waals surface area contributed by atoms with Crippen LogP contribution in [0.4, 0.5) is 11.9 Å². The van der Waals surface area contributed by atoms with Crippen LogP contribution in [0.5, 0.6) is 0 Å². The van der Waals surface area contributed by atoms with E-state index in [0.717, 1.165) is 29.6 Å². The predicted octanol–water partition coefficient (Wildman–Crippen LogP) is 2.63. The van der Waals surface area contributed by atoms with Crippen LogP contribution >= 0.6 is 0 Å². The van der Waals surface area contributed by atoms with Gasteiger partial charge < -0.3 is 10.2 Å². The fourth-order valence-corrected chi connectivity index (χ4v) is 3.10. The summed E-state index contributed by atoms with van der Waals surface area (Å²) in [5.74, 6) is 3.92. The number of nitrogens with zero attached hydrogens (tertiary/aromatic N) is 4. The first-order chi connectivity index (χ1) is 9.63. The molecule has 1 N–H and O–H groups in total. The SMILES string of the molecule is Cc1nc(NC(C2CCC2)C2CCC2)nc(N(C)C)n1.